The summed E-state index contributed by atoms with van der Waals surface area (Å²) in [7, 11) is 1.47. The molecule has 0 spiro atoms. The molecule has 1 saturated carbocycles. The van der Waals surface area contributed by atoms with E-state index < -0.39 is 5.54 Å². The van der Waals surface area contributed by atoms with Crippen LogP contribution in [-0.2, 0) is 9.53 Å². The molecule has 0 amide bonds. The second-order valence-electron chi connectivity index (χ2n) is 5.71. The maximum absolute atomic E-state index is 12.0. The summed E-state index contributed by atoms with van der Waals surface area (Å²) in [5, 5.41) is 3.30. The highest BCUT2D eigenvalue weighted by Gasteiger charge is 2.37. The summed E-state index contributed by atoms with van der Waals surface area (Å²) in [6.45, 7) is 8.65. The van der Waals surface area contributed by atoms with Gasteiger partial charge in [0.1, 0.15) is 5.54 Å². The van der Waals surface area contributed by atoms with Crippen molar-refractivity contribution < 1.29 is 9.53 Å². The van der Waals surface area contributed by atoms with Crippen molar-refractivity contribution in [1.29, 1.82) is 0 Å². The smallest absolute Gasteiger partial charge is 0.327 e. The minimum absolute atomic E-state index is 0.163. The zero-order valence-electron chi connectivity index (χ0n) is 13.0. The van der Waals surface area contributed by atoms with Gasteiger partial charge in [0.25, 0.3) is 0 Å². The maximum atomic E-state index is 12.0. The van der Waals surface area contributed by atoms with Gasteiger partial charge >= 0.3 is 5.97 Å². The minimum atomic E-state index is -0.600. The van der Waals surface area contributed by atoms with Crippen LogP contribution in [0.5, 0.6) is 0 Å². The Morgan fingerprint density at radius 2 is 1.95 bits per heavy atom. The molecule has 0 radical (unpaired) electrons. The number of likely N-dealkylation sites (N-methyl/N-ethyl adjacent to an activating group) is 2. The Balaban J connectivity index is 2.71. The Morgan fingerprint density at radius 3 is 2.42 bits per heavy atom. The van der Waals surface area contributed by atoms with E-state index in [9.17, 15) is 4.79 Å². The molecule has 1 aliphatic carbocycles. The van der Waals surface area contributed by atoms with Crippen molar-refractivity contribution in [2.75, 3.05) is 26.7 Å². The van der Waals surface area contributed by atoms with Crippen LogP contribution in [0.2, 0.25) is 0 Å². The molecule has 1 rings (SSSR count). The van der Waals surface area contributed by atoms with Gasteiger partial charge in [0.15, 0.2) is 0 Å². The van der Waals surface area contributed by atoms with Gasteiger partial charge in [0.2, 0.25) is 0 Å². The minimum Gasteiger partial charge on any atom is -0.468 e. The van der Waals surface area contributed by atoms with E-state index >= 15 is 0 Å². The van der Waals surface area contributed by atoms with Crippen molar-refractivity contribution in [3.63, 3.8) is 0 Å². The quantitative estimate of drug-likeness (QED) is 0.720. The predicted molar refractivity (Wildman–Crippen MR) is 78.2 cm³/mol. The van der Waals surface area contributed by atoms with Crippen LogP contribution < -0.4 is 5.32 Å². The van der Waals surface area contributed by atoms with Gasteiger partial charge in [-0.15, -0.1) is 0 Å². The number of esters is 1. The fourth-order valence-electron chi connectivity index (χ4n) is 3.16. The first-order chi connectivity index (χ1) is 9.07. The summed E-state index contributed by atoms with van der Waals surface area (Å²) in [5.41, 5.74) is -0.600. The molecular weight excluding hydrogens is 240 g/mol. The predicted octanol–water partition coefficient (Wildman–Crippen LogP) is 2.18. The Kier molecular flexibility index (Phi) is 6.80. The molecule has 1 fully saturated rings. The summed E-state index contributed by atoms with van der Waals surface area (Å²) in [4.78, 5) is 14.5. The van der Waals surface area contributed by atoms with Crippen molar-refractivity contribution in [2.24, 2.45) is 0 Å². The molecule has 112 valence electrons. The Hall–Kier alpha value is -0.610. The van der Waals surface area contributed by atoms with Gasteiger partial charge in [-0.1, -0.05) is 33.1 Å². The van der Waals surface area contributed by atoms with E-state index in [-0.39, 0.29) is 5.97 Å². The van der Waals surface area contributed by atoms with E-state index in [1.54, 1.807) is 0 Å². The van der Waals surface area contributed by atoms with Crippen LogP contribution in [0.25, 0.3) is 0 Å². The molecule has 4 heteroatoms. The average Bonchev–Trinajstić information content (AvgIpc) is 2.45. The van der Waals surface area contributed by atoms with Gasteiger partial charge < -0.3 is 10.1 Å². The van der Waals surface area contributed by atoms with E-state index in [0.29, 0.717) is 6.04 Å². The van der Waals surface area contributed by atoms with E-state index in [1.165, 1.54) is 39.2 Å². The van der Waals surface area contributed by atoms with E-state index in [4.69, 9.17) is 4.74 Å². The van der Waals surface area contributed by atoms with Crippen molar-refractivity contribution in [1.82, 2.24) is 10.2 Å². The molecule has 0 bridgehead atoms. The van der Waals surface area contributed by atoms with Crippen LogP contribution in [0.4, 0.5) is 0 Å². The lowest BCUT2D eigenvalue weighted by Crippen LogP contribution is -2.59. The van der Waals surface area contributed by atoms with Gasteiger partial charge in [-0.3, -0.25) is 9.69 Å². The van der Waals surface area contributed by atoms with Gasteiger partial charge in [0, 0.05) is 12.6 Å². The normalized spacial score (nSPS) is 20.3. The highest BCUT2D eigenvalue weighted by Crippen LogP contribution is 2.24. The summed E-state index contributed by atoms with van der Waals surface area (Å²) >= 11 is 0. The fraction of sp³-hybridized carbons (Fsp3) is 0.933. The van der Waals surface area contributed by atoms with Crippen molar-refractivity contribution >= 4 is 5.97 Å². The molecule has 1 unspecified atom stereocenters. The molecule has 19 heavy (non-hydrogen) atoms. The van der Waals surface area contributed by atoms with Crippen LogP contribution in [0.3, 0.4) is 0 Å². The molecule has 1 N–H and O–H groups in total. The van der Waals surface area contributed by atoms with Gasteiger partial charge in [-0.05, 0) is 32.9 Å². The molecule has 1 aliphatic rings. The topological polar surface area (TPSA) is 41.6 Å². The molecule has 0 saturated heterocycles. The van der Waals surface area contributed by atoms with Gasteiger partial charge in [-0.25, -0.2) is 0 Å². The Bertz CT molecular complexity index is 277. The monoisotopic (exact) mass is 270 g/mol. The number of nitrogens with zero attached hydrogens (tertiary/aromatic N) is 1. The van der Waals surface area contributed by atoms with Crippen LogP contribution in [0.1, 0.15) is 52.9 Å². The lowest BCUT2D eigenvalue weighted by Gasteiger charge is -2.39. The summed E-state index contributed by atoms with van der Waals surface area (Å²) in [6, 6.07) is 0.626. The Labute approximate surface area is 117 Å². The first-order valence-electron chi connectivity index (χ1n) is 7.64. The summed E-state index contributed by atoms with van der Waals surface area (Å²) in [5.74, 6) is -0.163. The van der Waals surface area contributed by atoms with Gasteiger partial charge in [0.05, 0.1) is 7.11 Å². The van der Waals surface area contributed by atoms with E-state index in [1.807, 2.05) is 13.8 Å². The molecule has 0 aromatic carbocycles. The highest BCUT2D eigenvalue weighted by molar-refractivity contribution is 5.80. The van der Waals surface area contributed by atoms with Crippen LogP contribution in [0.15, 0.2) is 0 Å². The number of carbonyl (C=O) groups is 1. The van der Waals surface area contributed by atoms with E-state index in [0.717, 1.165) is 19.6 Å². The van der Waals surface area contributed by atoms with Gasteiger partial charge in [-0.2, -0.15) is 0 Å². The van der Waals surface area contributed by atoms with Crippen LogP contribution in [-0.4, -0.2) is 49.2 Å². The molecule has 4 nitrogen and oxygen atoms in total. The number of carbonyl (C=O) groups excluding carboxylic acids is 1. The number of nitrogens with one attached hydrogen (secondary N) is 1. The maximum Gasteiger partial charge on any atom is 0.327 e. The molecule has 0 heterocycles. The lowest BCUT2D eigenvalue weighted by atomic mass is 9.92. The number of hydrogen-bond acceptors (Lipinski definition) is 4. The fourth-order valence-corrected chi connectivity index (χ4v) is 3.16. The van der Waals surface area contributed by atoms with Crippen molar-refractivity contribution in [3.05, 3.63) is 0 Å². The van der Waals surface area contributed by atoms with Crippen molar-refractivity contribution in [2.45, 2.75) is 64.5 Å². The second-order valence-corrected chi connectivity index (χ2v) is 5.71. The summed E-state index contributed by atoms with van der Waals surface area (Å²) < 4.78 is 4.97. The number of methoxy groups -OCH3 is 1. The number of hydrogen-bond donors (Lipinski definition) is 1. The van der Waals surface area contributed by atoms with Crippen molar-refractivity contribution in [3.8, 4) is 0 Å². The van der Waals surface area contributed by atoms with Crippen LogP contribution >= 0.6 is 0 Å². The lowest BCUT2D eigenvalue weighted by molar-refractivity contribution is -0.149. The third-order valence-electron chi connectivity index (χ3n) is 4.22. The van der Waals surface area contributed by atoms with E-state index in [2.05, 4.69) is 17.1 Å². The first kappa shape index (κ1) is 16.4. The molecule has 0 aromatic rings. The first-order valence-corrected chi connectivity index (χ1v) is 7.64. The standard InChI is InChI=1S/C15H30N2O2/c1-5-16-15(3,14(18)19-4)12-17(6-2)13-10-8-7-9-11-13/h13,16H,5-12H2,1-4H3. The molecule has 1 atom stereocenters. The Morgan fingerprint density at radius 1 is 1.32 bits per heavy atom. The van der Waals surface area contributed by atoms with Crippen LogP contribution in [0, 0.1) is 0 Å². The summed E-state index contributed by atoms with van der Waals surface area (Å²) in [6.07, 6.45) is 6.51. The largest absolute Gasteiger partial charge is 0.468 e. The molecular formula is C15H30N2O2. The third kappa shape index (κ3) is 4.46. The SMILES string of the molecule is CCNC(C)(CN(CC)C1CCCCC1)C(=O)OC. The third-order valence-corrected chi connectivity index (χ3v) is 4.22. The zero-order chi connectivity index (χ0) is 14.3. The average molecular weight is 270 g/mol. The zero-order valence-corrected chi connectivity index (χ0v) is 13.0. The number of rotatable bonds is 7. The molecule has 0 aromatic heterocycles. The second kappa shape index (κ2) is 7.85. The number of ether oxygens (including phenoxy) is 1. The molecule has 0 aliphatic heterocycles. The highest BCUT2D eigenvalue weighted by atomic mass is 16.5.